The zero-order valence-corrected chi connectivity index (χ0v) is 9.19. The zero-order valence-electron chi connectivity index (χ0n) is 8.38. The van der Waals surface area contributed by atoms with Gasteiger partial charge in [-0.15, -0.1) is 0 Å². The second-order valence-corrected chi connectivity index (χ2v) is 4.33. The maximum atomic E-state index is 11.1. The Kier molecular flexibility index (Phi) is 8.24. The zero-order chi connectivity index (χ0) is 10.1. The number of carbonyl (C=O) groups excluding carboxylic acids is 1. The summed E-state index contributed by atoms with van der Waals surface area (Å²) in [6.45, 7) is 4.38. The molecule has 4 heteroatoms. The van der Waals surface area contributed by atoms with Crippen LogP contribution in [0.1, 0.15) is 26.7 Å². The van der Waals surface area contributed by atoms with Crippen LogP contribution >= 0.6 is 11.8 Å². The Morgan fingerprint density at radius 3 is 2.85 bits per heavy atom. The number of carbonyl (C=O) groups is 1. The Morgan fingerprint density at radius 1 is 1.62 bits per heavy atom. The summed E-state index contributed by atoms with van der Waals surface area (Å²) in [4.78, 5) is 11.1. The van der Waals surface area contributed by atoms with E-state index in [1.807, 2.05) is 0 Å². The van der Waals surface area contributed by atoms with E-state index in [2.05, 4.69) is 12.2 Å². The maximum Gasteiger partial charge on any atom is 0.220 e. The molecule has 3 nitrogen and oxygen atoms in total. The van der Waals surface area contributed by atoms with Crippen LogP contribution in [0.2, 0.25) is 0 Å². The molecule has 0 aliphatic carbocycles. The van der Waals surface area contributed by atoms with Gasteiger partial charge in [0.15, 0.2) is 0 Å². The predicted molar refractivity (Wildman–Crippen MR) is 56.9 cm³/mol. The van der Waals surface area contributed by atoms with Crippen LogP contribution in [0, 0.1) is 0 Å². The fourth-order valence-electron chi connectivity index (χ4n) is 0.818. The molecule has 0 radical (unpaired) electrons. The molecule has 78 valence electrons. The molecule has 0 fully saturated rings. The minimum atomic E-state index is -0.328. The number of thioether (sulfide) groups is 1. The van der Waals surface area contributed by atoms with E-state index in [0.29, 0.717) is 19.4 Å². The van der Waals surface area contributed by atoms with Crippen LogP contribution in [-0.2, 0) is 4.79 Å². The van der Waals surface area contributed by atoms with E-state index < -0.39 is 0 Å². The molecule has 2 N–H and O–H groups in total. The Labute approximate surface area is 84.3 Å². The third kappa shape index (κ3) is 9.70. The summed E-state index contributed by atoms with van der Waals surface area (Å²) in [5.41, 5.74) is 0. The van der Waals surface area contributed by atoms with Crippen LogP contribution in [0.5, 0.6) is 0 Å². The van der Waals surface area contributed by atoms with Gasteiger partial charge in [-0.3, -0.25) is 4.79 Å². The smallest absolute Gasteiger partial charge is 0.220 e. The van der Waals surface area contributed by atoms with Gasteiger partial charge < -0.3 is 10.4 Å². The van der Waals surface area contributed by atoms with Gasteiger partial charge in [0.2, 0.25) is 5.91 Å². The molecule has 0 aromatic heterocycles. The largest absolute Gasteiger partial charge is 0.393 e. The maximum absolute atomic E-state index is 11.1. The van der Waals surface area contributed by atoms with Crippen molar-refractivity contribution in [1.82, 2.24) is 5.32 Å². The number of amides is 1. The molecular formula is C9H19NO2S. The molecule has 0 spiro atoms. The SMILES string of the molecule is CCSCCC(=O)NCCC(C)O. The molecule has 0 aromatic carbocycles. The minimum Gasteiger partial charge on any atom is -0.393 e. The Hall–Kier alpha value is -0.220. The van der Waals surface area contributed by atoms with Gasteiger partial charge in [0.05, 0.1) is 6.10 Å². The minimum absolute atomic E-state index is 0.0848. The topological polar surface area (TPSA) is 49.3 Å². The predicted octanol–water partition coefficient (Wildman–Crippen LogP) is 1.02. The summed E-state index contributed by atoms with van der Waals surface area (Å²) >= 11 is 1.77. The van der Waals surface area contributed by atoms with Gasteiger partial charge >= 0.3 is 0 Å². The van der Waals surface area contributed by atoms with Gasteiger partial charge in [0.25, 0.3) is 0 Å². The highest BCUT2D eigenvalue weighted by Gasteiger charge is 2.00. The van der Waals surface area contributed by atoms with Gasteiger partial charge in [-0.2, -0.15) is 11.8 Å². The second-order valence-electron chi connectivity index (χ2n) is 2.93. The molecule has 0 aliphatic heterocycles. The number of aliphatic hydroxyl groups is 1. The molecule has 0 saturated carbocycles. The van der Waals surface area contributed by atoms with Crippen LogP contribution in [0.15, 0.2) is 0 Å². The van der Waals surface area contributed by atoms with E-state index in [1.54, 1.807) is 18.7 Å². The van der Waals surface area contributed by atoms with E-state index in [1.165, 1.54) is 0 Å². The lowest BCUT2D eigenvalue weighted by Gasteiger charge is -2.06. The molecule has 13 heavy (non-hydrogen) atoms. The molecule has 0 rings (SSSR count). The van der Waals surface area contributed by atoms with E-state index in [4.69, 9.17) is 5.11 Å². The molecule has 0 aliphatic rings. The lowest BCUT2D eigenvalue weighted by molar-refractivity contribution is -0.120. The lowest BCUT2D eigenvalue weighted by Crippen LogP contribution is -2.26. The van der Waals surface area contributed by atoms with Crippen molar-refractivity contribution in [1.29, 1.82) is 0 Å². The van der Waals surface area contributed by atoms with Crippen molar-refractivity contribution in [2.24, 2.45) is 0 Å². The summed E-state index contributed by atoms with van der Waals surface area (Å²) < 4.78 is 0. The van der Waals surface area contributed by atoms with Gasteiger partial charge in [-0.05, 0) is 19.1 Å². The van der Waals surface area contributed by atoms with E-state index >= 15 is 0 Å². The summed E-state index contributed by atoms with van der Waals surface area (Å²) in [6.07, 6.45) is 0.885. The first-order valence-electron chi connectivity index (χ1n) is 4.69. The number of hydrogen-bond donors (Lipinski definition) is 2. The van der Waals surface area contributed by atoms with Gasteiger partial charge in [0, 0.05) is 18.7 Å². The fourth-order valence-corrected chi connectivity index (χ4v) is 1.44. The number of aliphatic hydroxyl groups excluding tert-OH is 1. The average molecular weight is 205 g/mol. The van der Waals surface area contributed by atoms with Gasteiger partial charge in [0.1, 0.15) is 0 Å². The molecule has 1 unspecified atom stereocenters. The standard InChI is InChI=1S/C9H19NO2S/c1-3-13-7-5-9(12)10-6-4-8(2)11/h8,11H,3-7H2,1-2H3,(H,10,12). The number of rotatable bonds is 7. The lowest BCUT2D eigenvalue weighted by atomic mass is 10.3. The van der Waals surface area contributed by atoms with Crippen molar-refractivity contribution < 1.29 is 9.90 Å². The van der Waals surface area contributed by atoms with Crippen LogP contribution in [-0.4, -0.2) is 35.2 Å². The van der Waals surface area contributed by atoms with E-state index in [-0.39, 0.29) is 12.0 Å². The monoisotopic (exact) mass is 205 g/mol. The highest BCUT2D eigenvalue weighted by Crippen LogP contribution is 2.00. The summed E-state index contributed by atoms with van der Waals surface area (Å²) in [5.74, 6) is 2.03. The van der Waals surface area contributed by atoms with Crippen molar-refractivity contribution in [2.75, 3.05) is 18.1 Å². The molecule has 0 saturated heterocycles. The fraction of sp³-hybridized carbons (Fsp3) is 0.889. The molecular weight excluding hydrogens is 186 g/mol. The number of nitrogens with one attached hydrogen (secondary N) is 1. The van der Waals surface area contributed by atoms with Crippen molar-refractivity contribution in [3.8, 4) is 0 Å². The van der Waals surface area contributed by atoms with Gasteiger partial charge in [-0.25, -0.2) is 0 Å². The summed E-state index contributed by atoms with van der Waals surface area (Å²) in [6, 6.07) is 0. The molecule has 0 heterocycles. The highest BCUT2D eigenvalue weighted by atomic mass is 32.2. The summed E-state index contributed by atoms with van der Waals surface area (Å²) in [7, 11) is 0. The van der Waals surface area contributed by atoms with Crippen LogP contribution in [0.4, 0.5) is 0 Å². The molecule has 1 atom stereocenters. The van der Waals surface area contributed by atoms with Crippen molar-refractivity contribution in [3.63, 3.8) is 0 Å². The van der Waals surface area contributed by atoms with E-state index in [9.17, 15) is 4.79 Å². The Balaban J connectivity index is 3.20. The number of hydrogen-bond acceptors (Lipinski definition) is 3. The van der Waals surface area contributed by atoms with Crippen LogP contribution < -0.4 is 5.32 Å². The van der Waals surface area contributed by atoms with Crippen molar-refractivity contribution in [3.05, 3.63) is 0 Å². The van der Waals surface area contributed by atoms with Gasteiger partial charge in [-0.1, -0.05) is 6.92 Å². The molecule has 0 aromatic rings. The molecule has 1 amide bonds. The first-order chi connectivity index (χ1) is 6.16. The van der Waals surface area contributed by atoms with Crippen LogP contribution in [0.25, 0.3) is 0 Å². The van der Waals surface area contributed by atoms with Crippen LogP contribution in [0.3, 0.4) is 0 Å². The average Bonchev–Trinajstić information content (AvgIpc) is 2.04. The second kappa shape index (κ2) is 8.38. The Bertz CT molecular complexity index is 140. The third-order valence-electron chi connectivity index (χ3n) is 1.56. The Morgan fingerprint density at radius 2 is 2.31 bits per heavy atom. The third-order valence-corrected chi connectivity index (χ3v) is 2.46. The normalized spacial score (nSPS) is 12.5. The molecule has 0 bridgehead atoms. The quantitative estimate of drug-likeness (QED) is 0.610. The summed E-state index contributed by atoms with van der Waals surface area (Å²) in [5, 5.41) is 11.7. The highest BCUT2D eigenvalue weighted by molar-refractivity contribution is 7.99. The first kappa shape index (κ1) is 12.8. The van der Waals surface area contributed by atoms with Crippen molar-refractivity contribution in [2.45, 2.75) is 32.8 Å². The van der Waals surface area contributed by atoms with E-state index in [0.717, 1.165) is 11.5 Å². The first-order valence-corrected chi connectivity index (χ1v) is 5.84. The van der Waals surface area contributed by atoms with Crippen molar-refractivity contribution >= 4 is 17.7 Å².